The fourth-order valence-corrected chi connectivity index (χ4v) is 3.63. The Bertz CT molecular complexity index is 1010. The van der Waals surface area contributed by atoms with Gasteiger partial charge in [0, 0.05) is 17.6 Å². The van der Waals surface area contributed by atoms with E-state index in [2.05, 4.69) is 41.6 Å². The fourth-order valence-electron chi connectivity index (χ4n) is 2.65. The summed E-state index contributed by atoms with van der Waals surface area (Å²) in [4.78, 5) is 30.0. The largest absolute Gasteiger partial charge is 0.350 e. The van der Waals surface area contributed by atoms with Crippen LogP contribution in [0.3, 0.4) is 0 Å². The van der Waals surface area contributed by atoms with Crippen LogP contribution < -0.4 is 10.6 Å². The van der Waals surface area contributed by atoms with Crippen LogP contribution in [-0.4, -0.2) is 23.3 Å². The number of pyridine rings is 1. The molecule has 2 N–H and O–H groups in total. The molecule has 0 fully saturated rings. The third kappa shape index (κ3) is 5.93. The molecule has 1 aromatic heterocycles. The van der Waals surface area contributed by atoms with Crippen LogP contribution in [0, 0.1) is 13.8 Å². The van der Waals surface area contributed by atoms with Gasteiger partial charge in [-0.25, -0.2) is 4.98 Å². The maximum absolute atomic E-state index is 12.6. The molecule has 0 saturated carbocycles. The first-order chi connectivity index (χ1) is 14.0. The van der Waals surface area contributed by atoms with E-state index in [1.807, 2.05) is 36.4 Å². The van der Waals surface area contributed by atoms with E-state index in [4.69, 9.17) is 0 Å². The Hall–Kier alpha value is -3.12. The van der Waals surface area contributed by atoms with Crippen LogP contribution in [-0.2, 0) is 11.3 Å². The third-order valence-corrected chi connectivity index (χ3v) is 5.46. The Balaban J connectivity index is 1.59. The maximum atomic E-state index is 12.6. The number of hydrogen-bond donors (Lipinski definition) is 2. The highest BCUT2D eigenvalue weighted by molar-refractivity contribution is 7.99. The summed E-state index contributed by atoms with van der Waals surface area (Å²) in [5.41, 5.74) is 3.86. The molecule has 0 bridgehead atoms. The van der Waals surface area contributed by atoms with Gasteiger partial charge in [-0.15, -0.1) is 0 Å². The number of carbonyl (C=O) groups is 2. The fraction of sp³-hybridized carbons (Fsp3) is 0.174. The zero-order valence-corrected chi connectivity index (χ0v) is 17.3. The van der Waals surface area contributed by atoms with Crippen molar-refractivity contribution in [1.82, 2.24) is 15.6 Å². The van der Waals surface area contributed by atoms with E-state index in [-0.39, 0.29) is 18.4 Å². The molecule has 0 unspecified atom stereocenters. The minimum absolute atomic E-state index is 0.0890. The van der Waals surface area contributed by atoms with Gasteiger partial charge >= 0.3 is 0 Å². The molecule has 0 atom stereocenters. The van der Waals surface area contributed by atoms with Crippen LogP contribution in [0.15, 0.2) is 76.8 Å². The van der Waals surface area contributed by atoms with Crippen LogP contribution in [0.25, 0.3) is 0 Å². The standard InChI is InChI=1S/C23H23N3O2S/c1-16-10-11-19(13-17(16)2)29-23-20(9-6-12-24-23)22(28)26-15-21(27)25-14-18-7-4-3-5-8-18/h3-13H,14-15H2,1-2H3,(H,25,27)(H,26,28). The molecule has 0 spiro atoms. The van der Waals surface area contributed by atoms with Gasteiger partial charge in [-0.2, -0.15) is 0 Å². The number of aryl methyl sites for hydroxylation is 2. The lowest BCUT2D eigenvalue weighted by Gasteiger charge is -2.10. The minimum atomic E-state index is -0.320. The topological polar surface area (TPSA) is 71.1 Å². The lowest BCUT2D eigenvalue weighted by molar-refractivity contribution is -0.120. The predicted molar refractivity (Wildman–Crippen MR) is 115 cm³/mol. The first-order valence-corrected chi connectivity index (χ1v) is 10.1. The summed E-state index contributed by atoms with van der Waals surface area (Å²) >= 11 is 1.43. The smallest absolute Gasteiger partial charge is 0.254 e. The lowest BCUT2D eigenvalue weighted by atomic mass is 10.1. The van der Waals surface area contributed by atoms with Crippen molar-refractivity contribution in [3.05, 3.63) is 89.1 Å². The van der Waals surface area contributed by atoms with Crippen molar-refractivity contribution in [2.75, 3.05) is 6.54 Å². The zero-order chi connectivity index (χ0) is 20.6. The van der Waals surface area contributed by atoms with Crippen molar-refractivity contribution >= 4 is 23.6 Å². The molecule has 0 aliphatic carbocycles. The molecule has 0 radical (unpaired) electrons. The molecule has 1 heterocycles. The normalized spacial score (nSPS) is 10.4. The molecule has 0 saturated heterocycles. The molecule has 148 valence electrons. The van der Waals surface area contributed by atoms with Gasteiger partial charge in [-0.05, 0) is 54.8 Å². The quantitative estimate of drug-likeness (QED) is 0.625. The van der Waals surface area contributed by atoms with Crippen molar-refractivity contribution < 1.29 is 9.59 Å². The summed E-state index contributed by atoms with van der Waals surface area (Å²) in [7, 11) is 0. The van der Waals surface area contributed by atoms with Gasteiger partial charge < -0.3 is 10.6 Å². The molecule has 5 nitrogen and oxygen atoms in total. The number of benzene rings is 2. The number of nitrogens with one attached hydrogen (secondary N) is 2. The first kappa shape index (κ1) is 20.6. The summed E-state index contributed by atoms with van der Waals surface area (Å²) in [6, 6.07) is 19.2. The summed E-state index contributed by atoms with van der Waals surface area (Å²) in [5, 5.41) is 6.08. The molecule has 0 aliphatic rings. The monoisotopic (exact) mass is 405 g/mol. The average molecular weight is 406 g/mol. The van der Waals surface area contributed by atoms with Crippen molar-refractivity contribution in [1.29, 1.82) is 0 Å². The van der Waals surface area contributed by atoms with Crippen LogP contribution >= 0.6 is 11.8 Å². The van der Waals surface area contributed by atoms with Gasteiger partial charge in [0.25, 0.3) is 5.91 Å². The van der Waals surface area contributed by atoms with E-state index < -0.39 is 0 Å². The summed E-state index contributed by atoms with van der Waals surface area (Å²) < 4.78 is 0. The second-order valence-corrected chi connectivity index (χ2v) is 7.71. The Morgan fingerprint density at radius 1 is 0.931 bits per heavy atom. The lowest BCUT2D eigenvalue weighted by Crippen LogP contribution is -2.36. The number of hydrogen-bond acceptors (Lipinski definition) is 4. The number of amides is 2. The number of nitrogens with zero attached hydrogens (tertiary/aromatic N) is 1. The molecule has 3 rings (SSSR count). The summed E-state index contributed by atoms with van der Waals surface area (Å²) in [5.74, 6) is -0.561. The van der Waals surface area contributed by atoms with Gasteiger partial charge in [-0.1, -0.05) is 48.2 Å². The first-order valence-electron chi connectivity index (χ1n) is 9.32. The molecule has 2 aromatic carbocycles. The van der Waals surface area contributed by atoms with Crippen molar-refractivity contribution in [2.45, 2.75) is 30.3 Å². The highest BCUT2D eigenvalue weighted by atomic mass is 32.2. The van der Waals surface area contributed by atoms with Crippen molar-refractivity contribution in [3.8, 4) is 0 Å². The third-order valence-electron chi connectivity index (χ3n) is 4.45. The highest BCUT2D eigenvalue weighted by Gasteiger charge is 2.14. The Morgan fingerprint density at radius 2 is 1.72 bits per heavy atom. The second-order valence-electron chi connectivity index (χ2n) is 6.65. The van der Waals surface area contributed by atoms with Crippen LogP contribution in [0.5, 0.6) is 0 Å². The van der Waals surface area contributed by atoms with Gasteiger partial charge in [0.2, 0.25) is 5.91 Å². The molecule has 3 aromatic rings. The van der Waals surface area contributed by atoms with E-state index in [9.17, 15) is 9.59 Å². The minimum Gasteiger partial charge on any atom is -0.350 e. The molecule has 0 aliphatic heterocycles. The van der Waals surface area contributed by atoms with Gasteiger partial charge in [0.05, 0.1) is 12.1 Å². The number of aromatic nitrogens is 1. The van der Waals surface area contributed by atoms with Crippen LogP contribution in [0.4, 0.5) is 0 Å². The second kappa shape index (κ2) is 9.89. The van der Waals surface area contributed by atoms with Crippen LogP contribution in [0.1, 0.15) is 27.0 Å². The summed E-state index contributed by atoms with van der Waals surface area (Å²) in [6.07, 6.45) is 1.66. The van der Waals surface area contributed by atoms with E-state index in [0.29, 0.717) is 17.1 Å². The van der Waals surface area contributed by atoms with Crippen molar-refractivity contribution in [2.24, 2.45) is 0 Å². The van der Waals surface area contributed by atoms with Gasteiger partial charge in [0.15, 0.2) is 0 Å². The predicted octanol–water partition coefficient (Wildman–Crippen LogP) is 3.90. The summed E-state index contributed by atoms with van der Waals surface area (Å²) in [6.45, 7) is 4.45. The van der Waals surface area contributed by atoms with E-state index in [1.54, 1.807) is 18.3 Å². The molecule has 29 heavy (non-hydrogen) atoms. The SMILES string of the molecule is Cc1ccc(Sc2ncccc2C(=O)NCC(=O)NCc2ccccc2)cc1C. The highest BCUT2D eigenvalue weighted by Crippen LogP contribution is 2.29. The van der Waals surface area contributed by atoms with Crippen LogP contribution in [0.2, 0.25) is 0 Å². The van der Waals surface area contributed by atoms with Gasteiger partial charge in [-0.3, -0.25) is 9.59 Å². The maximum Gasteiger partial charge on any atom is 0.254 e. The average Bonchev–Trinajstić information content (AvgIpc) is 2.74. The molecule has 2 amide bonds. The molecular formula is C23H23N3O2S. The Morgan fingerprint density at radius 3 is 2.48 bits per heavy atom. The van der Waals surface area contributed by atoms with Crippen molar-refractivity contribution in [3.63, 3.8) is 0 Å². The van der Waals surface area contributed by atoms with Gasteiger partial charge in [0.1, 0.15) is 5.03 Å². The number of carbonyl (C=O) groups excluding carboxylic acids is 2. The zero-order valence-electron chi connectivity index (χ0n) is 16.4. The molecular weight excluding hydrogens is 382 g/mol. The molecule has 6 heteroatoms. The van der Waals surface area contributed by atoms with E-state index >= 15 is 0 Å². The number of rotatable bonds is 7. The Labute approximate surface area is 175 Å². The van der Waals surface area contributed by atoms with E-state index in [0.717, 1.165) is 10.5 Å². The van der Waals surface area contributed by atoms with E-state index in [1.165, 1.54) is 22.9 Å². The Kier molecular flexibility index (Phi) is 7.03.